The van der Waals surface area contributed by atoms with Crippen LogP contribution in [0.5, 0.6) is 0 Å². The zero-order valence-corrected chi connectivity index (χ0v) is 23.6. The zero-order valence-electron chi connectivity index (χ0n) is 22.8. The predicted octanol–water partition coefficient (Wildman–Crippen LogP) is 12.1. The normalized spacial score (nSPS) is 11.8. The van der Waals surface area contributed by atoms with Crippen molar-refractivity contribution in [2.75, 3.05) is 4.90 Å². The third kappa shape index (κ3) is 3.49. The Kier molecular flexibility index (Phi) is 5.13. The summed E-state index contributed by atoms with van der Waals surface area (Å²) in [5, 5.41) is 12.8. The Morgan fingerprint density at radius 3 is 1.86 bits per heavy atom. The molecule has 0 bridgehead atoms. The summed E-state index contributed by atoms with van der Waals surface area (Å²) < 4.78 is 2.62. The molecular weight excluding hydrogens is 527 g/mol. The molecular formula is C40H25NS. The van der Waals surface area contributed by atoms with Crippen LogP contribution in [-0.2, 0) is 0 Å². The quantitative estimate of drug-likeness (QED) is 0.197. The predicted molar refractivity (Wildman–Crippen MR) is 184 cm³/mol. The minimum atomic E-state index is 1.15. The molecule has 0 amide bonds. The van der Waals surface area contributed by atoms with Gasteiger partial charge in [-0.3, -0.25) is 0 Å². The molecule has 1 nitrogen and oxygen atoms in total. The lowest BCUT2D eigenvalue weighted by Crippen LogP contribution is -2.10. The van der Waals surface area contributed by atoms with E-state index in [1.54, 1.807) is 0 Å². The Morgan fingerprint density at radius 2 is 1.00 bits per heavy atom. The topological polar surface area (TPSA) is 3.24 Å². The fraction of sp³-hybridized carbons (Fsp3) is 0. The van der Waals surface area contributed by atoms with Crippen molar-refractivity contribution < 1.29 is 0 Å². The highest BCUT2D eigenvalue weighted by Gasteiger charge is 2.21. The highest BCUT2D eigenvalue weighted by molar-refractivity contribution is 7.26. The fourth-order valence-electron chi connectivity index (χ4n) is 6.71. The van der Waals surface area contributed by atoms with Crippen LogP contribution in [0.4, 0.5) is 17.1 Å². The molecule has 42 heavy (non-hydrogen) atoms. The summed E-state index contributed by atoms with van der Waals surface area (Å²) in [7, 11) is 0. The number of hydrogen-bond acceptors (Lipinski definition) is 2. The molecule has 0 aliphatic carbocycles. The number of fused-ring (bicyclic) bond motifs is 9. The van der Waals surface area contributed by atoms with Gasteiger partial charge in [0.2, 0.25) is 0 Å². The van der Waals surface area contributed by atoms with Gasteiger partial charge in [-0.05, 0) is 80.2 Å². The molecule has 1 heterocycles. The molecule has 0 radical (unpaired) electrons. The molecule has 2 heteroatoms. The molecule has 0 atom stereocenters. The van der Waals surface area contributed by atoms with Crippen LogP contribution >= 0.6 is 11.3 Å². The van der Waals surface area contributed by atoms with Crippen molar-refractivity contribution in [1.29, 1.82) is 0 Å². The van der Waals surface area contributed by atoms with E-state index in [2.05, 4.69) is 157 Å². The fourth-order valence-corrected chi connectivity index (χ4v) is 7.86. The van der Waals surface area contributed by atoms with E-state index in [4.69, 9.17) is 0 Å². The van der Waals surface area contributed by atoms with Crippen molar-refractivity contribution >= 4 is 91.7 Å². The van der Waals surface area contributed by atoms with Crippen LogP contribution in [0.3, 0.4) is 0 Å². The summed E-state index contributed by atoms with van der Waals surface area (Å²) in [6.45, 7) is 0. The summed E-state index contributed by atoms with van der Waals surface area (Å²) in [6.07, 6.45) is 0. The van der Waals surface area contributed by atoms with Crippen LogP contribution in [0.15, 0.2) is 152 Å². The van der Waals surface area contributed by atoms with E-state index in [-0.39, 0.29) is 0 Å². The third-order valence-electron chi connectivity index (χ3n) is 8.58. The molecule has 9 rings (SSSR count). The largest absolute Gasteiger partial charge is 0.309 e. The van der Waals surface area contributed by atoms with E-state index >= 15 is 0 Å². The van der Waals surface area contributed by atoms with Gasteiger partial charge in [-0.2, -0.15) is 0 Å². The summed E-state index contributed by atoms with van der Waals surface area (Å²) in [4.78, 5) is 2.47. The zero-order chi connectivity index (χ0) is 27.6. The highest BCUT2D eigenvalue weighted by Crippen LogP contribution is 2.48. The minimum Gasteiger partial charge on any atom is -0.309 e. The van der Waals surface area contributed by atoms with Gasteiger partial charge in [-0.1, -0.05) is 109 Å². The summed E-state index contributed by atoms with van der Waals surface area (Å²) >= 11 is 1.88. The molecule has 0 aliphatic rings. The van der Waals surface area contributed by atoms with Gasteiger partial charge in [0.05, 0.1) is 11.4 Å². The first-order valence-corrected chi connectivity index (χ1v) is 15.2. The monoisotopic (exact) mass is 551 g/mol. The summed E-state index contributed by atoms with van der Waals surface area (Å²) in [5.41, 5.74) is 3.54. The van der Waals surface area contributed by atoms with Gasteiger partial charge in [0.15, 0.2) is 0 Å². The molecule has 0 fully saturated rings. The average molecular weight is 552 g/mol. The van der Waals surface area contributed by atoms with E-state index in [1.807, 2.05) is 11.3 Å². The van der Waals surface area contributed by atoms with Crippen LogP contribution in [0.1, 0.15) is 0 Å². The molecule has 0 saturated carbocycles. The van der Waals surface area contributed by atoms with E-state index < -0.39 is 0 Å². The van der Waals surface area contributed by atoms with Crippen LogP contribution in [0, 0.1) is 0 Å². The molecule has 0 saturated heterocycles. The van der Waals surface area contributed by atoms with E-state index in [9.17, 15) is 0 Å². The standard InChI is InChI=1S/C40H25NS/c1-2-14-30(15-3-1)41(36-18-9-19-37-40(36)34-24-28-11-4-5-12-29(28)25-38(34)42-37)35-17-8-13-27-21-22-32-31-16-7-6-10-26(31)20-23-33(32)39(27)35/h1-25H. The van der Waals surface area contributed by atoms with Crippen molar-refractivity contribution in [1.82, 2.24) is 0 Å². The minimum absolute atomic E-state index is 1.15. The van der Waals surface area contributed by atoms with Crippen LogP contribution in [0.25, 0.3) is 63.3 Å². The maximum Gasteiger partial charge on any atom is 0.0555 e. The Morgan fingerprint density at radius 1 is 0.357 bits per heavy atom. The van der Waals surface area contributed by atoms with Gasteiger partial charge in [-0.25, -0.2) is 0 Å². The molecule has 1 aromatic heterocycles. The number of hydrogen-bond donors (Lipinski definition) is 0. The van der Waals surface area contributed by atoms with Gasteiger partial charge in [0, 0.05) is 31.2 Å². The van der Waals surface area contributed by atoms with Crippen molar-refractivity contribution in [3.8, 4) is 0 Å². The Labute approximate surface area is 247 Å². The molecule has 0 aliphatic heterocycles. The van der Waals surface area contributed by atoms with Crippen LogP contribution in [-0.4, -0.2) is 0 Å². The van der Waals surface area contributed by atoms with Crippen molar-refractivity contribution in [2.24, 2.45) is 0 Å². The number of rotatable bonds is 3. The number of anilines is 3. The van der Waals surface area contributed by atoms with Gasteiger partial charge in [0.1, 0.15) is 0 Å². The molecule has 0 spiro atoms. The lowest BCUT2D eigenvalue weighted by Gasteiger charge is -2.28. The highest BCUT2D eigenvalue weighted by atomic mass is 32.1. The number of benzene rings is 8. The molecule has 196 valence electrons. The van der Waals surface area contributed by atoms with E-state index in [0.29, 0.717) is 0 Å². The second-order valence-electron chi connectivity index (χ2n) is 10.9. The number of nitrogens with zero attached hydrogens (tertiary/aromatic N) is 1. The number of para-hydroxylation sites is 1. The molecule has 0 unspecified atom stereocenters. The Hall–Kier alpha value is -5.18. The van der Waals surface area contributed by atoms with Crippen LogP contribution < -0.4 is 4.90 Å². The smallest absolute Gasteiger partial charge is 0.0555 e. The average Bonchev–Trinajstić information content (AvgIpc) is 3.42. The van der Waals surface area contributed by atoms with Gasteiger partial charge in [-0.15, -0.1) is 11.3 Å². The van der Waals surface area contributed by atoms with E-state index in [1.165, 1.54) is 74.6 Å². The molecule has 0 N–H and O–H groups in total. The first-order chi connectivity index (χ1) is 20.8. The van der Waals surface area contributed by atoms with Crippen molar-refractivity contribution in [3.05, 3.63) is 152 Å². The van der Waals surface area contributed by atoms with Crippen LogP contribution in [0.2, 0.25) is 0 Å². The second kappa shape index (κ2) is 9.17. The van der Waals surface area contributed by atoms with E-state index in [0.717, 1.165) is 5.69 Å². The number of thiophene rings is 1. The maximum absolute atomic E-state index is 2.47. The van der Waals surface area contributed by atoms with Gasteiger partial charge < -0.3 is 4.90 Å². The van der Waals surface area contributed by atoms with Crippen molar-refractivity contribution in [2.45, 2.75) is 0 Å². The summed E-state index contributed by atoms with van der Waals surface area (Å²) in [5.74, 6) is 0. The lowest BCUT2D eigenvalue weighted by atomic mass is 9.95. The lowest BCUT2D eigenvalue weighted by molar-refractivity contribution is 1.32. The second-order valence-corrected chi connectivity index (χ2v) is 12.0. The molecule has 9 aromatic rings. The SMILES string of the molecule is c1ccc(N(c2cccc3ccc4c5ccccc5ccc4c23)c2cccc3sc4cc5ccccc5cc4c23)cc1. The summed E-state index contributed by atoms with van der Waals surface area (Å²) in [6, 6.07) is 55.5. The first-order valence-electron chi connectivity index (χ1n) is 14.4. The third-order valence-corrected chi connectivity index (χ3v) is 9.70. The van der Waals surface area contributed by atoms with Crippen molar-refractivity contribution in [3.63, 3.8) is 0 Å². The maximum atomic E-state index is 2.47. The molecule has 8 aromatic carbocycles. The first kappa shape index (κ1) is 23.5. The Bertz CT molecular complexity index is 2470. The Balaban J connectivity index is 1.41. The van der Waals surface area contributed by atoms with Gasteiger partial charge >= 0.3 is 0 Å². The van der Waals surface area contributed by atoms with Gasteiger partial charge in [0.25, 0.3) is 0 Å².